The summed E-state index contributed by atoms with van der Waals surface area (Å²) in [5.41, 5.74) is 5.53. The molecule has 2 aromatic rings. The number of nitro benzene ring substituents is 1. The highest BCUT2D eigenvalue weighted by Gasteiger charge is 2.33. The molecule has 1 aliphatic heterocycles. The second-order valence-electron chi connectivity index (χ2n) is 5.13. The molecule has 0 unspecified atom stereocenters. The molecule has 0 spiro atoms. The molecule has 2 aromatic carbocycles. The third kappa shape index (κ3) is 2.58. The van der Waals surface area contributed by atoms with Gasteiger partial charge in [-0.3, -0.25) is 30.0 Å². The molecule has 0 aliphatic carbocycles. The van der Waals surface area contributed by atoms with Crippen molar-refractivity contribution in [3.05, 3.63) is 51.6 Å². The lowest BCUT2D eigenvalue weighted by Crippen LogP contribution is -2.41. The summed E-state index contributed by atoms with van der Waals surface area (Å²) in [7, 11) is 0. The third-order valence-corrected chi connectivity index (χ3v) is 4.39. The first-order valence-corrected chi connectivity index (χ1v) is 7.93. The molecule has 3 rings (SSSR count). The van der Waals surface area contributed by atoms with Gasteiger partial charge >= 0.3 is 0 Å². The van der Waals surface area contributed by atoms with E-state index in [1.807, 2.05) is 0 Å². The van der Waals surface area contributed by atoms with E-state index < -0.39 is 16.7 Å². The number of benzene rings is 2. The number of nitrogens with one attached hydrogen (secondary N) is 1. The minimum absolute atomic E-state index is 0.0699. The first-order valence-electron chi connectivity index (χ1n) is 6.94. The normalized spacial score (nSPS) is 13.4. The summed E-state index contributed by atoms with van der Waals surface area (Å²) in [6.45, 7) is 0.0699. The van der Waals surface area contributed by atoms with Gasteiger partial charge in [-0.1, -0.05) is 23.9 Å². The Morgan fingerprint density at radius 3 is 2.62 bits per heavy atom. The highest BCUT2D eigenvalue weighted by molar-refractivity contribution is 8.13. The summed E-state index contributed by atoms with van der Waals surface area (Å²) in [4.78, 5) is 36.8. The minimum Gasteiger partial charge on any atom is -0.379 e. The molecule has 1 heterocycles. The summed E-state index contributed by atoms with van der Waals surface area (Å²) >= 11 is 1.02. The Kier molecular flexibility index (Phi) is 3.94. The fourth-order valence-electron chi connectivity index (χ4n) is 2.70. The van der Waals surface area contributed by atoms with Crippen LogP contribution < -0.4 is 5.73 Å². The van der Waals surface area contributed by atoms with Gasteiger partial charge in [0.25, 0.3) is 17.5 Å². The zero-order valence-electron chi connectivity index (χ0n) is 12.3. The van der Waals surface area contributed by atoms with Crippen molar-refractivity contribution in [3.63, 3.8) is 0 Å². The average Bonchev–Trinajstić information content (AvgIpc) is 2.54. The van der Waals surface area contributed by atoms with E-state index in [1.54, 1.807) is 18.2 Å². The third-order valence-electron chi connectivity index (χ3n) is 3.70. The number of carbonyl (C=O) groups is 2. The van der Waals surface area contributed by atoms with Crippen LogP contribution in [-0.4, -0.2) is 39.1 Å². The number of hydrogen-bond donors (Lipinski definition) is 2. The topological polar surface area (TPSA) is 130 Å². The van der Waals surface area contributed by atoms with Crippen LogP contribution in [0.2, 0.25) is 0 Å². The second-order valence-corrected chi connectivity index (χ2v) is 6.27. The smallest absolute Gasteiger partial charge is 0.270 e. The molecule has 9 heteroatoms. The van der Waals surface area contributed by atoms with Gasteiger partial charge in [-0.05, 0) is 11.5 Å². The summed E-state index contributed by atoms with van der Waals surface area (Å²) in [5.74, 6) is -0.736. The van der Waals surface area contributed by atoms with Gasteiger partial charge in [0.2, 0.25) is 0 Å². The summed E-state index contributed by atoms with van der Waals surface area (Å²) in [6, 6.07) is 7.41. The van der Waals surface area contributed by atoms with E-state index in [2.05, 4.69) is 0 Å². The first-order chi connectivity index (χ1) is 11.4. The van der Waals surface area contributed by atoms with Gasteiger partial charge < -0.3 is 5.73 Å². The molecule has 0 atom stereocenters. The van der Waals surface area contributed by atoms with Crippen molar-refractivity contribution in [2.75, 3.05) is 12.3 Å². The van der Waals surface area contributed by atoms with Crippen LogP contribution in [0.15, 0.2) is 30.3 Å². The van der Waals surface area contributed by atoms with E-state index >= 15 is 0 Å². The molecule has 0 aromatic heterocycles. The van der Waals surface area contributed by atoms with Crippen molar-refractivity contribution < 1.29 is 14.5 Å². The van der Waals surface area contributed by atoms with Crippen molar-refractivity contribution in [1.29, 1.82) is 5.41 Å². The van der Waals surface area contributed by atoms with Crippen LogP contribution in [0.25, 0.3) is 10.8 Å². The fourth-order valence-corrected chi connectivity index (χ4v) is 3.19. The van der Waals surface area contributed by atoms with Gasteiger partial charge in [-0.15, -0.1) is 0 Å². The molecule has 3 N–H and O–H groups in total. The first kappa shape index (κ1) is 15.9. The van der Waals surface area contributed by atoms with Crippen molar-refractivity contribution >= 4 is 45.2 Å². The lowest BCUT2D eigenvalue weighted by molar-refractivity contribution is -0.384. The standard InChI is InChI=1S/C15H12N4O4S/c16-15(17)24-5-4-18-13(20)10-3-1-2-8-6-9(19(22)23)7-11(12(8)10)14(18)21/h1-3,6-7H,4-5H2,(H3,16,17). The largest absolute Gasteiger partial charge is 0.379 e. The van der Waals surface area contributed by atoms with Crippen LogP contribution in [0.4, 0.5) is 5.69 Å². The predicted octanol–water partition coefficient (Wildman–Crippen LogP) is 1.97. The van der Waals surface area contributed by atoms with E-state index in [1.165, 1.54) is 12.1 Å². The van der Waals surface area contributed by atoms with E-state index in [9.17, 15) is 19.7 Å². The minimum atomic E-state index is -0.573. The number of amidine groups is 1. The van der Waals surface area contributed by atoms with Crippen LogP contribution in [0.1, 0.15) is 20.7 Å². The molecule has 1 aliphatic rings. The predicted molar refractivity (Wildman–Crippen MR) is 90.3 cm³/mol. The molecule has 8 nitrogen and oxygen atoms in total. The van der Waals surface area contributed by atoms with Crippen LogP contribution in [0.5, 0.6) is 0 Å². The Bertz CT molecular complexity index is 912. The van der Waals surface area contributed by atoms with E-state index in [4.69, 9.17) is 11.1 Å². The molecule has 0 bridgehead atoms. The Hall–Kier alpha value is -2.94. The number of non-ortho nitro benzene ring substituents is 1. The Morgan fingerprint density at radius 1 is 1.25 bits per heavy atom. The Balaban J connectivity index is 2.10. The number of hydrogen-bond acceptors (Lipinski definition) is 6. The molecule has 24 heavy (non-hydrogen) atoms. The molecule has 0 saturated heterocycles. The number of nitro groups is 1. The number of rotatable bonds is 4. The fraction of sp³-hybridized carbons (Fsp3) is 0.133. The zero-order chi connectivity index (χ0) is 17.4. The van der Waals surface area contributed by atoms with Crippen LogP contribution in [0.3, 0.4) is 0 Å². The molecule has 0 radical (unpaired) electrons. The lowest BCUT2D eigenvalue weighted by Gasteiger charge is -2.26. The Morgan fingerprint density at radius 2 is 1.96 bits per heavy atom. The maximum Gasteiger partial charge on any atom is 0.270 e. The Labute approximate surface area is 140 Å². The number of imide groups is 1. The molecular weight excluding hydrogens is 332 g/mol. The van der Waals surface area contributed by atoms with Crippen molar-refractivity contribution in [2.45, 2.75) is 0 Å². The molecule has 122 valence electrons. The average molecular weight is 344 g/mol. The molecular formula is C15H12N4O4S. The molecule has 2 amide bonds. The summed E-state index contributed by atoms with van der Waals surface area (Å²) in [5, 5.41) is 19.1. The van der Waals surface area contributed by atoms with Crippen LogP contribution in [-0.2, 0) is 0 Å². The van der Waals surface area contributed by atoms with Crippen molar-refractivity contribution in [2.24, 2.45) is 5.73 Å². The van der Waals surface area contributed by atoms with Gasteiger partial charge in [0.15, 0.2) is 5.17 Å². The number of nitrogens with zero attached hydrogens (tertiary/aromatic N) is 2. The van der Waals surface area contributed by atoms with E-state index in [0.29, 0.717) is 16.3 Å². The van der Waals surface area contributed by atoms with Gasteiger partial charge in [0.05, 0.1) is 10.5 Å². The van der Waals surface area contributed by atoms with Gasteiger partial charge in [-0.25, -0.2) is 0 Å². The summed E-state index contributed by atoms with van der Waals surface area (Å²) in [6.07, 6.45) is 0. The molecule has 0 saturated carbocycles. The maximum absolute atomic E-state index is 12.7. The SMILES string of the molecule is N=C(N)SCCN1C(=O)c2cccc3cc([N+](=O)[O-])cc(c23)C1=O. The number of carbonyl (C=O) groups excluding carboxylic acids is 2. The van der Waals surface area contributed by atoms with Gasteiger partial charge in [0.1, 0.15) is 0 Å². The number of amides is 2. The van der Waals surface area contributed by atoms with E-state index in [-0.39, 0.29) is 28.7 Å². The highest BCUT2D eigenvalue weighted by atomic mass is 32.2. The number of thioether (sulfide) groups is 1. The number of nitrogens with two attached hydrogens (primary N) is 1. The zero-order valence-corrected chi connectivity index (χ0v) is 13.1. The van der Waals surface area contributed by atoms with Crippen LogP contribution in [0, 0.1) is 15.5 Å². The van der Waals surface area contributed by atoms with Crippen LogP contribution >= 0.6 is 11.8 Å². The quantitative estimate of drug-likeness (QED) is 0.287. The van der Waals surface area contributed by atoms with E-state index in [0.717, 1.165) is 16.7 Å². The summed E-state index contributed by atoms with van der Waals surface area (Å²) < 4.78 is 0. The van der Waals surface area contributed by atoms with Crippen molar-refractivity contribution in [1.82, 2.24) is 4.90 Å². The van der Waals surface area contributed by atoms with Gasteiger partial charge in [0, 0.05) is 35.4 Å². The van der Waals surface area contributed by atoms with Crippen molar-refractivity contribution in [3.8, 4) is 0 Å². The maximum atomic E-state index is 12.7. The monoisotopic (exact) mass is 344 g/mol. The highest BCUT2D eigenvalue weighted by Crippen LogP contribution is 2.33. The molecule has 0 fully saturated rings. The lowest BCUT2D eigenvalue weighted by atomic mass is 9.93. The van der Waals surface area contributed by atoms with Gasteiger partial charge in [-0.2, -0.15) is 0 Å². The second kappa shape index (κ2) is 5.93.